The number of hydrogen-bond acceptors (Lipinski definition) is 4. The lowest BCUT2D eigenvalue weighted by Crippen LogP contribution is -2.27. The van der Waals surface area contributed by atoms with Crippen molar-refractivity contribution < 1.29 is 13.9 Å². The molecule has 1 saturated heterocycles. The van der Waals surface area contributed by atoms with E-state index in [2.05, 4.69) is 0 Å². The molecule has 0 radical (unpaired) electrons. The van der Waals surface area contributed by atoms with Gasteiger partial charge >= 0.3 is 5.97 Å². The number of hydrogen-bond donors (Lipinski definition) is 1. The zero-order valence-electron chi connectivity index (χ0n) is 11.3. The molecule has 1 atom stereocenters. The maximum Gasteiger partial charge on any atom is 0.340 e. The summed E-state index contributed by atoms with van der Waals surface area (Å²) in [5, 5.41) is 0. The minimum Gasteiger partial charge on any atom is -0.462 e. The molecule has 2 rings (SSSR count). The van der Waals surface area contributed by atoms with Crippen molar-refractivity contribution in [2.45, 2.75) is 32.7 Å². The van der Waals surface area contributed by atoms with Gasteiger partial charge in [-0.3, -0.25) is 0 Å². The second-order valence-electron chi connectivity index (χ2n) is 4.80. The van der Waals surface area contributed by atoms with Crippen LogP contribution in [0.25, 0.3) is 0 Å². The van der Waals surface area contributed by atoms with Crippen molar-refractivity contribution in [2.24, 2.45) is 0 Å². The highest BCUT2D eigenvalue weighted by molar-refractivity contribution is 5.96. The molecule has 2 N–H and O–H groups in total. The van der Waals surface area contributed by atoms with Gasteiger partial charge in [0.2, 0.25) is 0 Å². The summed E-state index contributed by atoms with van der Waals surface area (Å²) in [7, 11) is 0. The van der Waals surface area contributed by atoms with Gasteiger partial charge in [-0.2, -0.15) is 0 Å². The fraction of sp³-hybridized carbons (Fsp3) is 0.500. The van der Waals surface area contributed by atoms with Crippen LogP contribution in [0.5, 0.6) is 0 Å². The van der Waals surface area contributed by atoms with Crippen molar-refractivity contribution in [1.82, 2.24) is 0 Å². The lowest BCUT2D eigenvalue weighted by Gasteiger charge is -2.25. The van der Waals surface area contributed by atoms with E-state index in [1.165, 1.54) is 12.1 Å². The van der Waals surface area contributed by atoms with Gasteiger partial charge in [0.1, 0.15) is 5.82 Å². The molecule has 1 fully saturated rings. The topological polar surface area (TPSA) is 55.6 Å². The van der Waals surface area contributed by atoms with Crippen molar-refractivity contribution >= 4 is 17.3 Å². The van der Waals surface area contributed by atoms with Crippen molar-refractivity contribution in [1.29, 1.82) is 0 Å². The van der Waals surface area contributed by atoms with Crippen LogP contribution >= 0.6 is 0 Å². The lowest BCUT2D eigenvalue weighted by atomic mass is 10.1. The Morgan fingerprint density at radius 3 is 2.89 bits per heavy atom. The average Bonchev–Trinajstić information content (AvgIpc) is 2.76. The van der Waals surface area contributed by atoms with Crippen molar-refractivity contribution in [2.75, 3.05) is 23.8 Å². The predicted octanol–water partition coefficient (Wildman–Crippen LogP) is 2.57. The second kappa shape index (κ2) is 5.47. The number of anilines is 2. The molecule has 0 aromatic heterocycles. The summed E-state index contributed by atoms with van der Waals surface area (Å²) in [6.45, 7) is 4.84. The van der Waals surface area contributed by atoms with Gasteiger partial charge in [-0.05, 0) is 38.8 Å². The highest BCUT2D eigenvalue weighted by Gasteiger charge is 2.25. The third kappa shape index (κ3) is 2.64. The first kappa shape index (κ1) is 13.6. The fourth-order valence-corrected chi connectivity index (χ4v) is 2.47. The molecule has 1 aromatic rings. The third-order valence-corrected chi connectivity index (χ3v) is 3.48. The Hall–Kier alpha value is -1.78. The first-order valence-electron chi connectivity index (χ1n) is 6.57. The number of nitrogens with two attached hydrogens (primary N) is 1. The van der Waals surface area contributed by atoms with Crippen LogP contribution in [0.4, 0.5) is 15.8 Å². The zero-order chi connectivity index (χ0) is 14.0. The number of esters is 1. The number of carbonyl (C=O) groups excluding carboxylic acids is 1. The van der Waals surface area contributed by atoms with E-state index >= 15 is 0 Å². The average molecular weight is 266 g/mol. The van der Waals surface area contributed by atoms with Gasteiger partial charge in [-0.25, -0.2) is 9.18 Å². The van der Waals surface area contributed by atoms with E-state index in [-0.39, 0.29) is 29.7 Å². The summed E-state index contributed by atoms with van der Waals surface area (Å²) in [6, 6.07) is 2.98. The van der Waals surface area contributed by atoms with Crippen LogP contribution in [0.1, 0.15) is 37.0 Å². The Morgan fingerprint density at radius 1 is 1.58 bits per heavy atom. The molecule has 19 heavy (non-hydrogen) atoms. The molecule has 104 valence electrons. The molecular formula is C14H19FN2O2. The fourth-order valence-electron chi connectivity index (χ4n) is 2.47. The van der Waals surface area contributed by atoms with Crippen molar-refractivity contribution in [3.05, 3.63) is 23.5 Å². The van der Waals surface area contributed by atoms with E-state index < -0.39 is 5.97 Å². The molecule has 0 aliphatic carbocycles. The summed E-state index contributed by atoms with van der Waals surface area (Å²) in [5.41, 5.74) is 6.48. The number of benzene rings is 1. The Bertz CT molecular complexity index is 491. The maximum atomic E-state index is 14.0. The molecular weight excluding hydrogens is 247 g/mol. The summed E-state index contributed by atoms with van der Waals surface area (Å²) >= 11 is 0. The molecule has 0 bridgehead atoms. The van der Waals surface area contributed by atoms with Crippen molar-refractivity contribution in [3.8, 4) is 0 Å². The molecule has 1 aromatic carbocycles. The molecule has 5 heteroatoms. The van der Waals surface area contributed by atoms with Crippen LogP contribution in [0, 0.1) is 5.82 Å². The SMILES string of the molecule is CCOC(=O)c1cc(N2CCCC2C)c(F)cc1N. The molecule has 0 spiro atoms. The summed E-state index contributed by atoms with van der Waals surface area (Å²) < 4.78 is 19.0. The zero-order valence-corrected chi connectivity index (χ0v) is 11.3. The quantitative estimate of drug-likeness (QED) is 0.675. The highest BCUT2D eigenvalue weighted by atomic mass is 19.1. The number of rotatable bonds is 3. The van der Waals surface area contributed by atoms with E-state index in [1.54, 1.807) is 6.92 Å². The Balaban J connectivity index is 2.39. The Kier molecular flexibility index (Phi) is 3.93. The van der Waals surface area contributed by atoms with E-state index in [4.69, 9.17) is 10.5 Å². The second-order valence-corrected chi connectivity index (χ2v) is 4.80. The van der Waals surface area contributed by atoms with Gasteiger partial charge in [-0.1, -0.05) is 0 Å². The van der Waals surface area contributed by atoms with Gasteiger partial charge in [0.05, 0.1) is 17.9 Å². The monoisotopic (exact) mass is 266 g/mol. The highest BCUT2D eigenvalue weighted by Crippen LogP contribution is 2.31. The number of nitrogen functional groups attached to an aromatic ring is 1. The summed E-state index contributed by atoms with van der Waals surface area (Å²) in [5.74, 6) is -0.896. The minimum atomic E-state index is -0.506. The normalized spacial score (nSPS) is 18.7. The van der Waals surface area contributed by atoms with Gasteiger partial charge < -0.3 is 15.4 Å². The molecule has 1 aliphatic heterocycles. The van der Waals surface area contributed by atoms with Crippen LogP contribution in [0.2, 0.25) is 0 Å². The predicted molar refractivity (Wildman–Crippen MR) is 72.8 cm³/mol. The van der Waals surface area contributed by atoms with E-state index in [9.17, 15) is 9.18 Å². The third-order valence-electron chi connectivity index (χ3n) is 3.48. The molecule has 1 heterocycles. The maximum absolute atomic E-state index is 14.0. The standard InChI is InChI=1S/C14H19FN2O2/c1-3-19-14(18)10-7-13(11(15)8-12(10)16)17-6-4-5-9(17)2/h7-9H,3-6,16H2,1-2H3. The van der Waals surface area contributed by atoms with Gasteiger partial charge in [-0.15, -0.1) is 0 Å². The smallest absolute Gasteiger partial charge is 0.340 e. The van der Waals surface area contributed by atoms with Gasteiger partial charge in [0.25, 0.3) is 0 Å². The first-order valence-corrected chi connectivity index (χ1v) is 6.57. The van der Waals surface area contributed by atoms with Crippen LogP contribution in [0.15, 0.2) is 12.1 Å². The van der Waals surface area contributed by atoms with Crippen molar-refractivity contribution in [3.63, 3.8) is 0 Å². The molecule has 1 unspecified atom stereocenters. The largest absolute Gasteiger partial charge is 0.462 e. The number of carbonyl (C=O) groups is 1. The summed E-state index contributed by atoms with van der Waals surface area (Å²) in [6.07, 6.45) is 2.05. The van der Waals surface area contributed by atoms with Gasteiger partial charge in [0, 0.05) is 18.3 Å². The van der Waals surface area contributed by atoms with E-state index in [0.29, 0.717) is 5.69 Å². The number of nitrogens with zero attached hydrogens (tertiary/aromatic N) is 1. The minimum absolute atomic E-state index is 0.117. The molecule has 0 saturated carbocycles. The Morgan fingerprint density at radius 2 is 2.32 bits per heavy atom. The van der Waals surface area contributed by atoms with E-state index in [0.717, 1.165) is 19.4 Å². The van der Waals surface area contributed by atoms with Gasteiger partial charge in [0.15, 0.2) is 0 Å². The van der Waals surface area contributed by atoms with Crippen LogP contribution in [0.3, 0.4) is 0 Å². The molecule has 1 aliphatic rings. The van der Waals surface area contributed by atoms with E-state index in [1.807, 2.05) is 11.8 Å². The molecule has 4 nitrogen and oxygen atoms in total. The lowest BCUT2D eigenvalue weighted by molar-refractivity contribution is 0.0527. The molecule has 0 amide bonds. The number of halogens is 1. The first-order chi connectivity index (χ1) is 9.04. The van der Waals surface area contributed by atoms with Crippen LogP contribution in [-0.2, 0) is 4.74 Å². The van der Waals surface area contributed by atoms with Crippen LogP contribution in [-0.4, -0.2) is 25.2 Å². The number of ether oxygens (including phenoxy) is 1. The van der Waals surface area contributed by atoms with Crippen LogP contribution < -0.4 is 10.6 Å². The summed E-state index contributed by atoms with van der Waals surface area (Å²) in [4.78, 5) is 13.8. The Labute approximate surface area is 112 Å².